The van der Waals surface area contributed by atoms with Gasteiger partial charge in [0.2, 0.25) is 0 Å². The van der Waals surface area contributed by atoms with E-state index in [0.29, 0.717) is 5.66 Å². The van der Waals surface area contributed by atoms with E-state index >= 15 is 0 Å². The highest BCUT2D eigenvalue weighted by molar-refractivity contribution is 8.01. The van der Waals surface area contributed by atoms with Crippen LogP contribution in [0.5, 0.6) is 0 Å². The van der Waals surface area contributed by atoms with Crippen LogP contribution < -0.4 is 10.6 Å². The van der Waals surface area contributed by atoms with Crippen molar-refractivity contribution in [3.63, 3.8) is 0 Å². The maximum absolute atomic E-state index is 2.38. The minimum Gasteiger partial charge on any atom is -0.0887 e. The summed E-state index contributed by atoms with van der Waals surface area (Å²) >= 11 is 1.95. The zero-order chi connectivity index (χ0) is 17.4. The molecule has 3 aromatic rings. The molecule has 1 aliphatic rings. The fraction of sp³-hybridized carbons (Fsp3) is 0.217. The summed E-state index contributed by atoms with van der Waals surface area (Å²) in [7, 11) is -0.350. The zero-order valence-corrected chi connectivity index (χ0v) is 16.7. The molecule has 1 unspecified atom stereocenters. The summed E-state index contributed by atoms with van der Waals surface area (Å²) in [4.78, 5) is 2.90. The van der Waals surface area contributed by atoms with Gasteiger partial charge in [-0.15, -0.1) is 0 Å². The van der Waals surface area contributed by atoms with E-state index in [2.05, 4.69) is 87.5 Å². The molecule has 1 heterocycles. The molecule has 0 bridgehead atoms. The average molecular weight is 362 g/mol. The summed E-state index contributed by atoms with van der Waals surface area (Å²) in [5.74, 6) is 0. The minimum atomic E-state index is -0.350. The first-order chi connectivity index (χ1) is 12.2. The van der Waals surface area contributed by atoms with Crippen LogP contribution >= 0.6 is 19.7 Å². The highest BCUT2D eigenvalue weighted by Crippen LogP contribution is 2.52. The van der Waals surface area contributed by atoms with Crippen molar-refractivity contribution in [2.75, 3.05) is 0 Å². The van der Waals surface area contributed by atoms with Crippen molar-refractivity contribution in [1.29, 1.82) is 0 Å². The van der Waals surface area contributed by atoms with E-state index in [1.54, 1.807) is 10.6 Å². The first kappa shape index (κ1) is 16.9. The molecular formula is C23H23PS. The minimum absolute atomic E-state index is 0.350. The maximum atomic E-state index is 2.38. The van der Waals surface area contributed by atoms with Crippen LogP contribution in [0.15, 0.2) is 76.5 Å². The summed E-state index contributed by atoms with van der Waals surface area (Å²) in [6.07, 6.45) is 1.07. The number of hydrogen-bond donors (Lipinski definition) is 0. The van der Waals surface area contributed by atoms with Crippen molar-refractivity contribution in [3.05, 3.63) is 72.3 Å². The molecule has 2 heteroatoms. The second kappa shape index (κ2) is 6.98. The van der Waals surface area contributed by atoms with E-state index in [1.165, 1.54) is 26.5 Å². The van der Waals surface area contributed by atoms with E-state index in [1.807, 2.05) is 11.8 Å². The van der Waals surface area contributed by atoms with Gasteiger partial charge in [0.25, 0.3) is 0 Å². The summed E-state index contributed by atoms with van der Waals surface area (Å²) in [6, 6.07) is 24.7. The van der Waals surface area contributed by atoms with Gasteiger partial charge in [0.1, 0.15) is 0 Å². The summed E-state index contributed by atoms with van der Waals surface area (Å²) in [5.41, 5.74) is 4.95. The SMILES string of the molecule is CCc1ccc2c(c1-c1ccccc1)P(C(C)C)c1ccccc1S2. The van der Waals surface area contributed by atoms with Crippen LogP contribution in [-0.4, -0.2) is 5.66 Å². The van der Waals surface area contributed by atoms with Gasteiger partial charge in [-0.05, 0) is 54.1 Å². The van der Waals surface area contributed by atoms with Gasteiger partial charge < -0.3 is 0 Å². The van der Waals surface area contributed by atoms with Crippen molar-refractivity contribution >= 4 is 30.3 Å². The topological polar surface area (TPSA) is 0 Å². The average Bonchev–Trinajstić information content (AvgIpc) is 2.65. The predicted octanol–water partition coefficient (Wildman–Crippen LogP) is 6.22. The Morgan fingerprint density at radius 2 is 1.56 bits per heavy atom. The quantitative estimate of drug-likeness (QED) is 0.498. The van der Waals surface area contributed by atoms with Crippen LogP contribution in [-0.2, 0) is 6.42 Å². The molecule has 0 nitrogen and oxygen atoms in total. The standard InChI is InChI=1S/C23H23PS/c1-4-17-14-15-21-23(22(17)18-10-6-5-7-11-18)24(16(2)3)19-12-8-9-13-20(19)25-21/h5-16H,4H2,1-3H3. The normalized spacial score (nSPS) is 15.8. The lowest BCUT2D eigenvalue weighted by atomic mass is 9.98. The number of hydrogen-bond acceptors (Lipinski definition) is 1. The van der Waals surface area contributed by atoms with E-state index in [0.717, 1.165) is 6.42 Å². The van der Waals surface area contributed by atoms with Gasteiger partial charge in [-0.25, -0.2) is 0 Å². The first-order valence-electron chi connectivity index (χ1n) is 8.98. The van der Waals surface area contributed by atoms with E-state index in [9.17, 15) is 0 Å². The molecule has 0 aliphatic carbocycles. The maximum Gasteiger partial charge on any atom is 0.0209 e. The smallest absolute Gasteiger partial charge is 0.0209 e. The molecule has 4 rings (SSSR count). The molecule has 0 N–H and O–H groups in total. The second-order valence-electron chi connectivity index (χ2n) is 6.70. The van der Waals surface area contributed by atoms with Crippen molar-refractivity contribution in [2.24, 2.45) is 0 Å². The van der Waals surface area contributed by atoms with Crippen LogP contribution in [0, 0.1) is 0 Å². The summed E-state index contributed by atoms with van der Waals surface area (Å²) in [6.45, 7) is 7.04. The van der Waals surface area contributed by atoms with Crippen molar-refractivity contribution < 1.29 is 0 Å². The van der Waals surface area contributed by atoms with Crippen LogP contribution in [0.3, 0.4) is 0 Å². The van der Waals surface area contributed by atoms with Crippen LogP contribution in [0.25, 0.3) is 11.1 Å². The summed E-state index contributed by atoms with van der Waals surface area (Å²) < 4.78 is 0. The molecule has 3 aromatic carbocycles. The van der Waals surface area contributed by atoms with E-state index in [4.69, 9.17) is 0 Å². The Labute approximate surface area is 156 Å². The third kappa shape index (κ3) is 2.94. The van der Waals surface area contributed by atoms with Gasteiger partial charge in [0, 0.05) is 15.1 Å². The van der Waals surface area contributed by atoms with Gasteiger partial charge in [-0.3, -0.25) is 0 Å². The highest BCUT2D eigenvalue weighted by atomic mass is 32.2. The lowest BCUT2D eigenvalue weighted by molar-refractivity contribution is 1.09. The third-order valence-electron chi connectivity index (χ3n) is 4.77. The molecule has 0 aromatic heterocycles. The van der Waals surface area contributed by atoms with Crippen LogP contribution in [0.4, 0.5) is 0 Å². The summed E-state index contributed by atoms with van der Waals surface area (Å²) in [5, 5.41) is 3.15. The molecule has 0 amide bonds. The molecule has 0 fully saturated rings. The number of rotatable bonds is 3. The Balaban J connectivity index is 2.03. The van der Waals surface area contributed by atoms with Gasteiger partial charge >= 0.3 is 0 Å². The Bertz CT molecular complexity index is 899. The van der Waals surface area contributed by atoms with Crippen LogP contribution in [0.2, 0.25) is 0 Å². The molecule has 126 valence electrons. The fourth-order valence-electron chi connectivity index (χ4n) is 3.67. The molecule has 0 saturated heterocycles. The highest BCUT2D eigenvalue weighted by Gasteiger charge is 2.31. The van der Waals surface area contributed by atoms with Gasteiger partial charge in [0.15, 0.2) is 0 Å². The molecule has 0 radical (unpaired) electrons. The van der Waals surface area contributed by atoms with Gasteiger partial charge in [-0.1, -0.05) is 87.1 Å². The second-order valence-corrected chi connectivity index (χ2v) is 10.5. The molecule has 0 spiro atoms. The number of aryl methyl sites for hydroxylation is 1. The van der Waals surface area contributed by atoms with Crippen molar-refractivity contribution in [3.8, 4) is 11.1 Å². The molecular weight excluding hydrogens is 339 g/mol. The van der Waals surface area contributed by atoms with Crippen LogP contribution in [0.1, 0.15) is 26.3 Å². The largest absolute Gasteiger partial charge is 0.0887 e. The Morgan fingerprint density at radius 3 is 2.28 bits per heavy atom. The van der Waals surface area contributed by atoms with Gasteiger partial charge in [0.05, 0.1) is 0 Å². The predicted molar refractivity (Wildman–Crippen MR) is 113 cm³/mol. The van der Waals surface area contributed by atoms with Gasteiger partial charge in [-0.2, -0.15) is 0 Å². The number of benzene rings is 3. The molecule has 1 atom stereocenters. The zero-order valence-electron chi connectivity index (χ0n) is 15.0. The Morgan fingerprint density at radius 1 is 0.840 bits per heavy atom. The first-order valence-corrected chi connectivity index (χ1v) is 11.2. The number of fused-ring (bicyclic) bond motifs is 2. The monoisotopic (exact) mass is 362 g/mol. The van der Waals surface area contributed by atoms with Crippen molar-refractivity contribution in [1.82, 2.24) is 0 Å². The Kier molecular flexibility index (Phi) is 4.71. The third-order valence-corrected chi connectivity index (χ3v) is 9.10. The van der Waals surface area contributed by atoms with E-state index in [-0.39, 0.29) is 7.92 Å². The van der Waals surface area contributed by atoms with Crippen molar-refractivity contribution in [2.45, 2.75) is 42.6 Å². The lowest BCUT2D eigenvalue weighted by Gasteiger charge is -2.34. The molecule has 0 saturated carbocycles. The lowest BCUT2D eigenvalue weighted by Crippen LogP contribution is -2.26. The fourth-order valence-corrected chi connectivity index (χ4v) is 8.13. The Hall–Kier alpha value is -1.56. The van der Waals surface area contributed by atoms with E-state index < -0.39 is 0 Å². The molecule has 1 aliphatic heterocycles. The molecule has 25 heavy (non-hydrogen) atoms.